The third-order valence-electron chi connectivity index (χ3n) is 5.27. The number of nitrogens with zero attached hydrogens (tertiary/aromatic N) is 1. The zero-order valence-electron chi connectivity index (χ0n) is 17.9. The van der Waals surface area contributed by atoms with Gasteiger partial charge in [0, 0.05) is 18.1 Å². The largest absolute Gasteiger partial charge is 0.494 e. The lowest BCUT2D eigenvalue weighted by molar-refractivity contribution is 0.338. The highest BCUT2D eigenvalue weighted by atomic mass is 16.5. The Morgan fingerprint density at radius 3 is 2.27 bits per heavy atom. The van der Waals surface area contributed by atoms with Gasteiger partial charge in [0.2, 0.25) is 0 Å². The molecule has 1 heterocycles. The van der Waals surface area contributed by atoms with E-state index >= 15 is 0 Å². The lowest BCUT2D eigenvalue weighted by atomic mass is 10.0. The van der Waals surface area contributed by atoms with E-state index in [4.69, 9.17) is 13.9 Å². The van der Waals surface area contributed by atoms with Crippen molar-refractivity contribution in [1.29, 1.82) is 0 Å². The van der Waals surface area contributed by atoms with Crippen molar-refractivity contribution in [2.75, 3.05) is 25.2 Å². The van der Waals surface area contributed by atoms with E-state index in [2.05, 4.69) is 67.4 Å². The fraction of sp³-hybridized carbons (Fsp3) is 0.231. The average Bonchev–Trinajstić information content (AvgIpc) is 3.23. The predicted octanol–water partition coefficient (Wildman–Crippen LogP) is 6.97. The third-order valence-corrected chi connectivity index (χ3v) is 5.27. The van der Waals surface area contributed by atoms with Crippen LogP contribution in [0.3, 0.4) is 0 Å². The minimum absolute atomic E-state index is 0.600. The van der Waals surface area contributed by atoms with Crippen LogP contribution in [0.4, 0.5) is 11.4 Å². The van der Waals surface area contributed by atoms with Gasteiger partial charge >= 0.3 is 0 Å². The molecule has 3 aromatic carbocycles. The number of aryl methyl sites for hydroxylation is 1. The summed E-state index contributed by atoms with van der Waals surface area (Å²) in [6.07, 6.45) is 1.72. The summed E-state index contributed by atoms with van der Waals surface area (Å²) in [7, 11) is 2.05. The first-order valence-corrected chi connectivity index (χ1v) is 10.3. The molecule has 4 aromatic rings. The smallest absolute Gasteiger partial charge is 0.143 e. The van der Waals surface area contributed by atoms with E-state index in [1.54, 1.807) is 6.26 Å². The highest BCUT2D eigenvalue weighted by Crippen LogP contribution is 2.38. The molecule has 30 heavy (non-hydrogen) atoms. The standard InChI is InChI=1S/C26H27NO3/c1-5-28-25-16-19(8-7-18(25)3)20-9-11-23(26(17-20)29-6-2)27(4)22-10-12-24-21(15-22)13-14-30-24/h7-17H,5-6H2,1-4H3. The number of furan rings is 1. The van der Waals surface area contributed by atoms with Crippen LogP contribution in [0.1, 0.15) is 19.4 Å². The predicted molar refractivity (Wildman–Crippen MR) is 123 cm³/mol. The Balaban J connectivity index is 1.72. The van der Waals surface area contributed by atoms with E-state index < -0.39 is 0 Å². The number of hydrogen-bond donors (Lipinski definition) is 0. The van der Waals surface area contributed by atoms with Crippen LogP contribution in [0.5, 0.6) is 11.5 Å². The molecule has 0 unspecified atom stereocenters. The number of rotatable bonds is 7. The van der Waals surface area contributed by atoms with Gasteiger partial charge < -0.3 is 18.8 Å². The number of ether oxygens (including phenoxy) is 2. The van der Waals surface area contributed by atoms with Crippen molar-refractivity contribution in [2.45, 2.75) is 20.8 Å². The van der Waals surface area contributed by atoms with Crippen molar-refractivity contribution in [3.05, 3.63) is 72.5 Å². The second-order valence-electron chi connectivity index (χ2n) is 7.23. The van der Waals surface area contributed by atoms with E-state index in [1.807, 2.05) is 26.0 Å². The highest BCUT2D eigenvalue weighted by Gasteiger charge is 2.14. The molecule has 1 aromatic heterocycles. The molecule has 0 saturated carbocycles. The van der Waals surface area contributed by atoms with Gasteiger partial charge in [-0.3, -0.25) is 0 Å². The van der Waals surface area contributed by atoms with Gasteiger partial charge in [0.15, 0.2) is 0 Å². The summed E-state index contributed by atoms with van der Waals surface area (Å²) in [5.74, 6) is 1.77. The van der Waals surface area contributed by atoms with E-state index in [0.717, 1.165) is 50.5 Å². The van der Waals surface area contributed by atoms with Crippen LogP contribution in [-0.2, 0) is 0 Å². The second kappa shape index (κ2) is 8.54. The van der Waals surface area contributed by atoms with Crippen molar-refractivity contribution in [3.63, 3.8) is 0 Å². The zero-order chi connectivity index (χ0) is 21.1. The first-order chi connectivity index (χ1) is 14.6. The number of benzene rings is 3. The van der Waals surface area contributed by atoms with Gasteiger partial charge in [-0.1, -0.05) is 18.2 Å². The van der Waals surface area contributed by atoms with Gasteiger partial charge in [0.1, 0.15) is 17.1 Å². The Morgan fingerprint density at radius 2 is 1.50 bits per heavy atom. The summed E-state index contributed by atoms with van der Waals surface area (Å²) in [6.45, 7) is 7.33. The molecule has 0 atom stereocenters. The van der Waals surface area contributed by atoms with Crippen LogP contribution in [-0.4, -0.2) is 20.3 Å². The first kappa shape index (κ1) is 19.9. The topological polar surface area (TPSA) is 34.8 Å². The van der Waals surface area contributed by atoms with E-state index in [9.17, 15) is 0 Å². The molecule has 0 aliphatic carbocycles. The van der Waals surface area contributed by atoms with Crippen LogP contribution in [0.15, 0.2) is 71.3 Å². The summed E-state index contributed by atoms with van der Waals surface area (Å²) >= 11 is 0. The lowest BCUT2D eigenvalue weighted by Gasteiger charge is -2.23. The highest BCUT2D eigenvalue weighted by molar-refractivity contribution is 5.84. The number of anilines is 2. The fourth-order valence-electron chi connectivity index (χ4n) is 3.63. The van der Waals surface area contributed by atoms with Crippen molar-refractivity contribution in [2.24, 2.45) is 0 Å². The molecular weight excluding hydrogens is 374 g/mol. The van der Waals surface area contributed by atoms with E-state index in [1.165, 1.54) is 0 Å². The summed E-state index contributed by atoms with van der Waals surface area (Å²) in [4.78, 5) is 2.14. The van der Waals surface area contributed by atoms with Crippen LogP contribution in [0.25, 0.3) is 22.1 Å². The zero-order valence-corrected chi connectivity index (χ0v) is 17.9. The maximum Gasteiger partial charge on any atom is 0.143 e. The minimum atomic E-state index is 0.600. The van der Waals surface area contributed by atoms with Gasteiger partial charge in [-0.2, -0.15) is 0 Å². The molecule has 4 heteroatoms. The monoisotopic (exact) mass is 401 g/mol. The first-order valence-electron chi connectivity index (χ1n) is 10.3. The molecule has 0 N–H and O–H groups in total. The quantitative estimate of drug-likeness (QED) is 0.335. The van der Waals surface area contributed by atoms with Crippen LogP contribution < -0.4 is 14.4 Å². The number of hydrogen-bond acceptors (Lipinski definition) is 4. The van der Waals surface area contributed by atoms with Gasteiger partial charge in [0.05, 0.1) is 25.2 Å². The Bertz CT molecular complexity index is 1160. The molecule has 0 spiro atoms. The maximum atomic E-state index is 6.02. The molecule has 0 aliphatic heterocycles. The Hall–Kier alpha value is -3.40. The molecule has 0 saturated heterocycles. The maximum absolute atomic E-state index is 6.02. The molecule has 0 aliphatic rings. The summed E-state index contributed by atoms with van der Waals surface area (Å²) < 4.78 is 17.3. The molecule has 0 fully saturated rings. The SMILES string of the molecule is CCOc1cc(-c2ccc(N(C)c3ccc4occc4c3)c(OCC)c2)ccc1C. The van der Waals surface area contributed by atoms with Crippen LogP contribution in [0.2, 0.25) is 0 Å². The fourth-order valence-corrected chi connectivity index (χ4v) is 3.63. The lowest BCUT2D eigenvalue weighted by Crippen LogP contribution is -2.11. The van der Waals surface area contributed by atoms with Gasteiger partial charge in [-0.05, 0) is 79.9 Å². The van der Waals surface area contributed by atoms with Crippen molar-refractivity contribution < 1.29 is 13.9 Å². The molecule has 0 bridgehead atoms. The van der Waals surface area contributed by atoms with Gasteiger partial charge in [-0.15, -0.1) is 0 Å². The van der Waals surface area contributed by atoms with Crippen LogP contribution in [0, 0.1) is 6.92 Å². The Morgan fingerprint density at radius 1 is 0.800 bits per heavy atom. The Labute approximate surface area is 177 Å². The van der Waals surface area contributed by atoms with Gasteiger partial charge in [-0.25, -0.2) is 0 Å². The van der Waals surface area contributed by atoms with Crippen LogP contribution >= 0.6 is 0 Å². The summed E-state index contributed by atoms with van der Waals surface area (Å²) in [5.41, 5.74) is 6.32. The van der Waals surface area contributed by atoms with E-state index in [0.29, 0.717) is 13.2 Å². The van der Waals surface area contributed by atoms with Crippen molar-refractivity contribution in [3.8, 4) is 22.6 Å². The third kappa shape index (κ3) is 3.86. The van der Waals surface area contributed by atoms with Crippen molar-refractivity contribution >= 4 is 22.3 Å². The molecule has 4 rings (SSSR count). The Kier molecular flexibility index (Phi) is 5.66. The van der Waals surface area contributed by atoms with Gasteiger partial charge in [0.25, 0.3) is 0 Å². The normalized spacial score (nSPS) is 10.9. The molecule has 4 nitrogen and oxygen atoms in total. The average molecular weight is 402 g/mol. The summed E-state index contributed by atoms with van der Waals surface area (Å²) in [6, 6.07) is 20.8. The number of fused-ring (bicyclic) bond motifs is 1. The van der Waals surface area contributed by atoms with E-state index in [-0.39, 0.29) is 0 Å². The van der Waals surface area contributed by atoms with Crippen molar-refractivity contribution in [1.82, 2.24) is 0 Å². The molecule has 0 amide bonds. The molecule has 154 valence electrons. The second-order valence-corrected chi connectivity index (χ2v) is 7.23. The molecule has 0 radical (unpaired) electrons. The summed E-state index contributed by atoms with van der Waals surface area (Å²) in [5, 5.41) is 1.08. The minimum Gasteiger partial charge on any atom is -0.494 e. The molecular formula is C26H27NO3.